The average molecular weight is 454 g/mol. The second-order valence-corrected chi connectivity index (χ2v) is 8.89. The SMILES string of the molecule is COc1ccc(CN2CCC(Nc3nc4ccc(C(=O)O)cc4o3)CC2)cc1OCC(C)C. The van der Waals surface area contributed by atoms with Crippen LogP contribution >= 0.6 is 0 Å². The Morgan fingerprint density at radius 2 is 2.00 bits per heavy atom. The maximum Gasteiger partial charge on any atom is 0.335 e. The summed E-state index contributed by atoms with van der Waals surface area (Å²) in [6.45, 7) is 7.68. The molecular formula is C25H31N3O5. The highest BCUT2D eigenvalue weighted by Crippen LogP contribution is 2.30. The van der Waals surface area contributed by atoms with E-state index in [1.54, 1.807) is 13.2 Å². The fraction of sp³-hybridized carbons (Fsp3) is 0.440. The molecule has 3 aromatic rings. The lowest BCUT2D eigenvalue weighted by Gasteiger charge is -2.32. The third-order valence-corrected chi connectivity index (χ3v) is 5.76. The van der Waals surface area contributed by atoms with Crippen LogP contribution in [0.15, 0.2) is 40.8 Å². The Balaban J connectivity index is 1.32. The van der Waals surface area contributed by atoms with E-state index in [0.717, 1.165) is 44.0 Å². The van der Waals surface area contributed by atoms with Crippen LogP contribution in [-0.4, -0.2) is 53.8 Å². The summed E-state index contributed by atoms with van der Waals surface area (Å²) in [7, 11) is 1.66. The monoisotopic (exact) mass is 453 g/mol. The fourth-order valence-corrected chi connectivity index (χ4v) is 3.98. The van der Waals surface area contributed by atoms with E-state index < -0.39 is 5.97 Å². The summed E-state index contributed by atoms with van der Waals surface area (Å²) in [5.41, 5.74) is 2.52. The van der Waals surface area contributed by atoms with Gasteiger partial charge in [-0.05, 0) is 54.7 Å². The molecule has 8 nitrogen and oxygen atoms in total. The number of benzene rings is 2. The molecule has 0 atom stereocenters. The first-order valence-corrected chi connectivity index (χ1v) is 11.3. The van der Waals surface area contributed by atoms with Gasteiger partial charge in [0.05, 0.1) is 19.3 Å². The first kappa shape index (κ1) is 22.9. The van der Waals surface area contributed by atoms with Gasteiger partial charge in [-0.25, -0.2) is 4.79 Å². The van der Waals surface area contributed by atoms with Crippen molar-refractivity contribution in [3.8, 4) is 11.5 Å². The zero-order valence-electron chi connectivity index (χ0n) is 19.3. The Morgan fingerprint density at radius 3 is 2.70 bits per heavy atom. The Hall–Kier alpha value is -3.26. The van der Waals surface area contributed by atoms with Gasteiger partial charge >= 0.3 is 5.97 Å². The van der Waals surface area contributed by atoms with E-state index in [1.165, 1.54) is 17.7 Å². The molecule has 1 saturated heterocycles. The third-order valence-electron chi connectivity index (χ3n) is 5.76. The number of carbonyl (C=O) groups is 1. The van der Waals surface area contributed by atoms with Crippen LogP contribution in [0.25, 0.3) is 11.1 Å². The highest BCUT2D eigenvalue weighted by atomic mass is 16.5. The molecule has 0 spiro atoms. The molecule has 33 heavy (non-hydrogen) atoms. The summed E-state index contributed by atoms with van der Waals surface area (Å²) in [5.74, 6) is 1.02. The number of rotatable bonds is 9. The van der Waals surface area contributed by atoms with Crippen molar-refractivity contribution in [1.82, 2.24) is 9.88 Å². The van der Waals surface area contributed by atoms with Crippen molar-refractivity contribution in [3.63, 3.8) is 0 Å². The van der Waals surface area contributed by atoms with E-state index >= 15 is 0 Å². The first-order chi connectivity index (χ1) is 15.9. The average Bonchev–Trinajstić information content (AvgIpc) is 3.20. The molecule has 176 valence electrons. The number of carboxylic acid groups (broad SMARTS) is 1. The molecule has 2 heterocycles. The summed E-state index contributed by atoms with van der Waals surface area (Å²) in [6.07, 6.45) is 1.93. The van der Waals surface area contributed by atoms with Gasteiger partial charge in [0.15, 0.2) is 17.1 Å². The molecule has 2 aromatic carbocycles. The number of nitrogens with zero attached hydrogens (tertiary/aromatic N) is 2. The first-order valence-electron chi connectivity index (χ1n) is 11.3. The maximum absolute atomic E-state index is 11.1. The van der Waals surface area contributed by atoms with Gasteiger partial charge in [0.2, 0.25) is 0 Å². The van der Waals surface area contributed by atoms with Crippen LogP contribution in [0, 0.1) is 5.92 Å². The number of methoxy groups -OCH3 is 1. The lowest BCUT2D eigenvalue weighted by Crippen LogP contribution is -2.38. The van der Waals surface area contributed by atoms with Crippen LogP contribution < -0.4 is 14.8 Å². The van der Waals surface area contributed by atoms with Crippen LogP contribution in [0.3, 0.4) is 0 Å². The summed E-state index contributed by atoms with van der Waals surface area (Å²) in [5, 5.41) is 12.5. The van der Waals surface area contributed by atoms with Gasteiger partial charge < -0.3 is 24.3 Å². The van der Waals surface area contributed by atoms with Crippen LogP contribution in [0.1, 0.15) is 42.6 Å². The molecule has 0 radical (unpaired) electrons. The molecule has 0 aliphatic carbocycles. The van der Waals surface area contributed by atoms with Crippen molar-refractivity contribution >= 4 is 23.1 Å². The molecule has 1 aliphatic rings. The number of hydrogen-bond acceptors (Lipinski definition) is 7. The van der Waals surface area contributed by atoms with Crippen molar-refractivity contribution in [3.05, 3.63) is 47.5 Å². The minimum absolute atomic E-state index is 0.190. The summed E-state index contributed by atoms with van der Waals surface area (Å²) < 4.78 is 17.1. The molecule has 1 aliphatic heterocycles. The number of nitrogens with one attached hydrogen (secondary N) is 1. The lowest BCUT2D eigenvalue weighted by molar-refractivity contribution is 0.0697. The number of hydrogen-bond donors (Lipinski definition) is 2. The van der Waals surface area contributed by atoms with Crippen LogP contribution in [-0.2, 0) is 6.54 Å². The molecule has 1 aromatic heterocycles. The van der Waals surface area contributed by atoms with E-state index in [0.29, 0.717) is 29.6 Å². The van der Waals surface area contributed by atoms with Crippen LogP contribution in [0.4, 0.5) is 6.01 Å². The molecule has 2 N–H and O–H groups in total. The molecule has 0 bridgehead atoms. The standard InChI is InChI=1S/C25H31N3O5/c1-16(2)15-32-23-12-17(4-7-21(23)31-3)14-28-10-8-19(9-11-28)26-25-27-20-6-5-18(24(29)30)13-22(20)33-25/h4-7,12-13,16,19H,8-11,14-15H2,1-3H3,(H,26,27)(H,29,30). The number of anilines is 1. The van der Waals surface area contributed by atoms with Crippen molar-refractivity contribution in [2.24, 2.45) is 5.92 Å². The quantitative estimate of drug-likeness (QED) is 0.483. The van der Waals surface area contributed by atoms with Gasteiger partial charge in [-0.3, -0.25) is 4.90 Å². The highest BCUT2D eigenvalue weighted by molar-refractivity contribution is 5.92. The predicted octanol–water partition coefficient (Wildman–Crippen LogP) is 4.65. The summed E-state index contributed by atoms with van der Waals surface area (Å²) in [6, 6.07) is 11.6. The highest BCUT2D eigenvalue weighted by Gasteiger charge is 2.21. The summed E-state index contributed by atoms with van der Waals surface area (Å²) >= 11 is 0. The van der Waals surface area contributed by atoms with Gasteiger partial charge in [0.1, 0.15) is 5.52 Å². The number of piperidine rings is 1. The molecule has 0 amide bonds. The maximum atomic E-state index is 11.1. The minimum Gasteiger partial charge on any atom is -0.493 e. The second kappa shape index (κ2) is 10.1. The van der Waals surface area contributed by atoms with Crippen molar-refractivity contribution < 1.29 is 23.8 Å². The van der Waals surface area contributed by atoms with E-state index in [4.69, 9.17) is 19.0 Å². The van der Waals surface area contributed by atoms with Crippen molar-refractivity contribution in [1.29, 1.82) is 0 Å². The van der Waals surface area contributed by atoms with Gasteiger partial charge in [-0.1, -0.05) is 19.9 Å². The van der Waals surface area contributed by atoms with Crippen molar-refractivity contribution in [2.45, 2.75) is 39.3 Å². The number of likely N-dealkylation sites (tertiary alicyclic amines) is 1. The number of carboxylic acids is 1. The topological polar surface area (TPSA) is 97.1 Å². The molecule has 0 saturated carbocycles. The van der Waals surface area contributed by atoms with Gasteiger partial charge in [0.25, 0.3) is 6.01 Å². The van der Waals surface area contributed by atoms with E-state index in [-0.39, 0.29) is 11.6 Å². The zero-order valence-corrected chi connectivity index (χ0v) is 19.3. The van der Waals surface area contributed by atoms with Crippen molar-refractivity contribution in [2.75, 3.05) is 32.1 Å². The van der Waals surface area contributed by atoms with E-state index in [9.17, 15) is 4.79 Å². The number of fused-ring (bicyclic) bond motifs is 1. The van der Waals surface area contributed by atoms with Gasteiger partial charge in [0, 0.05) is 25.7 Å². The Kier molecular flexibility index (Phi) is 7.03. The molecule has 0 unspecified atom stereocenters. The minimum atomic E-state index is -0.981. The summed E-state index contributed by atoms with van der Waals surface area (Å²) in [4.78, 5) is 18.0. The molecule has 1 fully saturated rings. The largest absolute Gasteiger partial charge is 0.493 e. The van der Waals surface area contributed by atoms with Crippen LogP contribution in [0.5, 0.6) is 11.5 Å². The second-order valence-electron chi connectivity index (χ2n) is 8.89. The van der Waals surface area contributed by atoms with E-state index in [2.05, 4.69) is 41.2 Å². The van der Waals surface area contributed by atoms with Gasteiger partial charge in [-0.15, -0.1) is 0 Å². The Morgan fingerprint density at radius 1 is 1.21 bits per heavy atom. The molecule has 4 rings (SSSR count). The molecule has 8 heteroatoms. The lowest BCUT2D eigenvalue weighted by atomic mass is 10.0. The normalized spacial score (nSPS) is 15.2. The number of aromatic carboxylic acids is 1. The molecular weight excluding hydrogens is 422 g/mol. The Labute approximate surface area is 193 Å². The van der Waals surface area contributed by atoms with Gasteiger partial charge in [-0.2, -0.15) is 4.98 Å². The number of ether oxygens (including phenoxy) is 2. The third kappa shape index (κ3) is 5.76. The Bertz CT molecular complexity index is 1100. The zero-order chi connectivity index (χ0) is 23.4. The number of aromatic nitrogens is 1. The predicted molar refractivity (Wildman–Crippen MR) is 126 cm³/mol. The van der Waals surface area contributed by atoms with Crippen LogP contribution in [0.2, 0.25) is 0 Å². The smallest absolute Gasteiger partial charge is 0.335 e. The van der Waals surface area contributed by atoms with E-state index in [1.807, 2.05) is 6.07 Å². The fourth-order valence-electron chi connectivity index (χ4n) is 3.98. The number of oxazole rings is 1.